The van der Waals surface area contributed by atoms with Gasteiger partial charge < -0.3 is 19.9 Å². The number of nitrogens with one attached hydrogen (secondary N) is 2. The lowest BCUT2D eigenvalue weighted by Gasteiger charge is -2.14. The molecule has 0 bridgehead atoms. The Kier molecular flexibility index (Phi) is 6.97. The predicted molar refractivity (Wildman–Crippen MR) is 135 cm³/mol. The molecular weight excluding hydrogens is 503 g/mol. The third-order valence-corrected chi connectivity index (χ3v) is 6.29. The van der Waals surface area contributed by atoms with Gasteiger partial charge in [0.05, 0.1) is 42.3 Å². The Balaban J connectivity index is 1.30. The molecule has 2 heterocycles. The molecule has 2 atom stereocenters. The van der Waals surface area contributed by atoms with Crippen molar-refractivity contribution in [1.82, 2.24) is 19.9 Å². The monoisotopic (exact) mass is 524 g/mol. The minimum absolute atomic E-state index is 0.0612. The van der Waals surface area contributed by atoms with Gasteiger partial charge in [-0.3, -0.25) is 10.1 Å². The van der Waals surface area contributed by atoms with Gasteiger partial charge in [0.2, 0.25) is 5.95 Å². The Hall–Kier alpha value is -4.09. The quantitative estimate of drug-likeness (QED) is 0.294. The van der Waals surface area contributed by atoms with Gasteiger partial charge in [0.15, 0.2) is 11.5 Å². The van der Waals surface area contributed by atoms with E-state index in [1.807, 2.05) is 0 Å². The Labute approximate surface area is 215 Å². The molecule has 3 N–H and O–H groups in total. The molecule has 5 rings (SSSR count). The second-order valence-corrected chi connectivity index (χ2v) is 8.90. The van der Waals surface area contributed by atoms with Crippen molar-refractivity contribution >= 4 is 45.9 Å². The molecule has 0 spiro atoms. The van der Waals surface area contributed by atoms with Crippen molar-refractivity contribution in [2.75, 3.05) is 31.0 Å². The molecule has 190 valence electrons. The van der Waals surface area contributed by atoms with Crippen molar-refractivity contribution < 1.29 is 23.8 Å². The van der Waals surface area contributed by atoms with Crippen LogP contribution in [-0.4, -0.2) is 51.3 Å². The van der Waals surface area contributed by atoms with Crippen LogP contribution < -0.4 is 20.1 Å². The molecule has 0 saturated heterocycles. The number of rotatable bonds is 9. The summed E-state index contributed by atoms with van der Waals surface area (Å²) in [5.74, 6) is 1.16. The van der Waals surface area contributed by atoms with Crippen LogP contribution in [-0.2, 0) is 0 Å². The number of aromatic nitrogens is 4. The predicted octanol–water partition coefficient (Wildman–Crippen LogP) is 4.22. The highest BCUT2D eigenvalue weighted by Crippen LogP contribution is 2.40. The molecule has 1 amide bonds. The van der Waals surface area contributed by atoms with E-state index in [1.165, 1.54) is 30.9 Å². The van der Waals surface area contributed by atoms with Gasteiger partial charge >= 0.3 is 0 Å². The minimum atomic E-state index is -0.613. The molecule has 2 unspecified atom stereocenters. The summed E-state index contributed by atoms with van der Waals surface area (Å²) < 4.78 is 24.8. The van der Waals surface area contributed by atoms with E-state index in [0.29, 0.717) is 52.3 Å². The number of aliphatic hydroxyl groups is 1. The lowest BCUT2D eigenvalue weighted by atomic mass is 10.2. The Morgan fingerprint density at radius 1 is 1.14 bits per heavy atom. The van der Waals surface area contributed by atoms with E-state index in [4.69, 9.17) is 21.1 Å². The zero-order valence-corrected chi connectivity index (χ0v) is 20.4. The summed E-state index contributed by atoms with van der Waals surface area (Å²) in [7, 11) is 1.55. The van der Waals surface area contributed by atoms with Crippen molar-refractivity contribution in [2.45, 2.75) is 6.42 Å². The third-order valence-electron chi connectivity index (χ3n) is 6.00. The van der Waals surface area contributed by atoms with Crippen LogP contribution in [0.15, 0.2) is 49.1 Å². The van der Waals surface area contributed by atoms with Crippen LogP contribution in [0, 0.1) is 17.7 Å². The first-order chi connectivity index (χ1) is 17.9. The van der Waals surface area contributed by atoms with Gasteiger partial charge in [0.25, 0.3) is 5.91 Å². The van der Waals surface area contributed by atoms with Crippen LogP contribution in [0.25, 0.3) is 10.9 Å². The third kappa shape index (κ3) is 5.52. The molecule has 1 fully saturated rings. The zero-order valence-electron chi connectivity index (χ0n) is 19.6. The molecule has 0 radical (unpaired) electrons. The lowest BCUT2D eigenvalue weighted by molar-refractivity contribution is 0.102. The Morgan fingerprint density at radius 2 is 1.95 bits per heavy atom. The Bertz CT molecular complexity index is 1460. The van der Waals surface area contributed by atoms with E-state index in [0.717, 1.165) is 12.5 Å². The Morgan fingerprint density at radius 3 is 2.65 bits per heavy atom. The van der Waals surface area contributed by atoms with E-state index in [1.54, 1.807) is 19.2 Å². The molecule has 37 heavy (non-hydrogen) atoms. The number of hydrogen-bond acceptors (Lipinski definition) is 9. The molecule has 12 heteroatoms. The van der Waals surface area contributed by atoms with Crippen molar-refractivity contribution in [3.05, 3.63) is 65.5 Å². The summed E-state index contributed by atoms with van der Waals surface area (Å²) in [6.45, 7) is 0.670. The van der Waals surface area contributed by atoms with Crippen molar-refractivity contribution in [3.63, 3.8) is 0 Å². The lowest BCUT2D eigenvalue weighted by Crippen LogP contribution is -2.14. The second-order valence-electron chi connectivity index (χ2n) is 8.50. The van der Waals surface area contributed by atoms with Gasteiger partial charge in [-0.1, -0.05) is 11.6 Å². The van der Waals surface area contributed by atoms with Crippen LogP contribution in [0.2, 0.25) is 5.02 Å². The topological polar surface area (TPSA) is 131 Å². The molecule has 10 nitrogen and oxygen atoms in total. The number of nitrogens with zero attached hydrogens (tertiary/aromatic N) is 4. The second kappa shape index (κ2) is 10.5. The van der Waals surface area contributed by atoms with Gasteiger partial charge in [-0.25, -0.2) is 24.3 Å². The highest BCUT2D eigenvalue weighted by Gasteiger charge is 2.37. The van der Waals surface area contributed by atoms with Gasteiger partial charge in [-0.05, 0) is 42.5 Å². The van der Waals surface area contributed by atoms with Crippen LogP contribution in [0.5, 0.6) is 11.5 Å². The number of aliphatic hydroxyl groups excluding tert-OH is 1. The zero-order chi connectivity index (χ0) is 25.9. The van der Waals surface area contributed by atoms with E-state index in [-0.39, 0.29) is 23.1 Å². The summed E-state index contributed by atoms with van der Waals surface area (Å²) in [4.78, 5) is 29.3. The number of ether oxygens (including phenoxy) is 2. The summed E-state index contributed by atoms with van der Waals surface area (Å²) in [6.07, 6.45) is 5.34. The smallest absolute Gasteiger partial charge is 0.258 e. The van der Waals surface area contributed by atoms with E-state index in [9.17, 15) is 14.3 Å². The number of carbonyl (C=O) groups excluding carboxylic acids is 1. The van der Waals surface area contributed by atoms with Gasteiger partial charge in [-0.15, -0.1) is 0 Å². The van der Waals surface area contributed by atoms with Crippen LogP contribution >= 0.6 is 11.6 Å². The molecule has 2 aromatic carbocycles. The fourth-order valence-electron chi connectivity index (χ4n) is 3.78. The van der Waals surface area contributed by atoms with Crippen molar-refractivity contribution in [2.24, 2.45) is 11.8 Å². The van der Waals surface area contributed by atoms with Gasteiger partial charge in [0, 0.05) is 23.6 Å². The molecular formula is C25H22ClFN6O4. The number of hydrogen-bond donors (Lipinski definition) is 3. The standard InChI is InChI=1S/C25H22ClFN6O4/c1-36-21-6-17-20(7-22(21)37-11-15-4-14(15)10-34)30-12-31-23(17)32-16-8-28-25(29-9-16)33-24(35)13-2-3-19(27)18(26)5-13/h2-3,5-9,12,14-15,34H,4,10-11H2,1H3,(H,30,31,32)(H,28,29,33,35). The SMILES string of the molecule is COc1cc2c(Nc3cnc(NC(=O)c4ccc(F)c(Cl)c4)nc3)ncnc2cc1OCC1CC1CO. The maximum atomic E-state index is 13.3. The first-order valence-electron chi connectivity index (χ1n) is 11.4. The van der Waals surface area contributed by atoms with Crippen molar-refractivity contribution in [3.8, 4) is 11.5 Å². The van der Waals surface area contributed by atoms with E-state index < -0.39 is 11.7 Å². The number of methoxy groups -OCH3 is 1. The van der Waals surface area contributed by atoms with Crippen molar-refractivity contribution in [1.29, 1.82) is 0 Å². The first-order valence-corrected chi connectivity index (χ1v) is 11.7. The molecule has 2 aromatic heterocycles. The molecule has 1 aliphatic rings. The van der Waals surface area contributed by atoms with Crippen LogP contribution in [0.4, 0.5) is 21.8 Å². The van der Waals surface area contributed by atoms with Gasteiger partial charge in [-0.2, -0.15) is 0 Å². The number of fused-ring (bicyclic) bond motifs is 1. The number of carbonyl (C=O) groups is 1. The minimum Gasteiger partial charge on any atom is -0.493 e. The van der Waals surface area contributed by atoms with Gasteiger partial charge in [0.1, 0.15) is 18.0 Å². The normalized spacial score (nSPS) is 16.3. The average molecular weight is 525 g/mol. The molecule has 4 aromatic rings. The highest BCUT2D eigenvalue weighted by atomic mass is 35.5. The highest BCUT2D eigenvalue weighted by molar-refractivity contribution is 6.31. The van der Waals surface area contributed by atoms with Crippen LogP contribution in [0.3, 0.4) is 0 Å². The number of anilines is 3. The first kappa shape index (κ1) is 24.6. The number of benzene rings is 2. The molecule has 1 saturated carbocycles. The maximum absolute atomic E-state index is 13.3. The average Bonchev–Trinajstić information content (AvgIpc) is 3.68. The summed E-state index contributed by atoms with van der Waals surface area (Å²) in [5, 5.41) is 15.5. The summed E-state index contributed by atoms with van der Waals surface area (Å²) in [6, 6.07) is 7.22. The van der Waals surface area contributed by atoms with Crippen LogP contribution in [0.1, 0.15) is 16.8 Å². The number of amides is 1. The maximum Gasteiger partial charge on any atom is 0.258 e. The summed E-state index contributed by atoms with van der Waals surface area (Å²) in [5.41, 5.74) is 1.34. The molecule has 1 aliphatic carbocycles. The molecule has 0 aliphatic heterocycles. The van der Waals surface area contributed by atoms with E-state index in [2.05, 4.69) is 30.6 Å². The summed E-state index contributed by atoms with van der Waals surface area (Å²) >= 11 is 5.74. The largest absolute Gasteiger partial charge is 0.493 e. The number of halogens is 2. The fourth-order valence-corrected chi connectivity index (χ4v) is 3.96. The fraction of sp³-hybridized carbons (Fsp3) is 0.240. The van der Waals surface area contributed by atoms with E-state index >= 15 is 0 Å².